The molecular formula is C14H22N4O. The van der Waals surface area contributed by atoms with E-state index in [4.69, 9.17) is 0 Å². The SMILES string of the molecule is CNc1ncccc1C(=O)N(C)C1CCCN(C)C1. The lowest BCUT2D eigenvalue weighted by Gasteiger charge is -2.36. The molecule has 0 radical (unpaired) electrons. The number of carbonyl (C=O) groups excluding carboxylic acids is 1. The molecule has 1 aromatic heterocycles. The highest BCUT2D eigenvalue weighted by Crippen LogP contribution is 2.18. The molecule has 1 aliphatic rings. The van der Waals surface area contributed by atoms with Crippen LogP contribution in [0.25, 0.3) is 0 Å². The van der Waals surface area contributed by atoms with Crippen LogP contribution in [-0.4, -0.2) is 61.0 Å². The highest BCUT2D eigenvalue weighted by atomic mass is 16.2. The van der Waals surface area contributed by atoms with E-state index in [0.29, 0.717) is 11.4 Å². The van der Waals surface area contributed by atoms with Gasteiger partial charge in [0.2, 0.25) is 0 Å². The van der Waals surface area contributed by atoms with Crippen LogP contribution in [0.15, 0.2) is 18.3 Å². The minimum absolute atomic E-state index is 0.0396. The summed E-state index contributed by atoms with van der Waals surface area (Å²) in [5.41, 5.74) is 0.640. The fraction of sp³-hybridized carbons (Fsp3) is 0.571. The number of anilines is 1. The molecule has 1 amide bonds. The zero-order valence-electron chi connectivity index (χ0n) is 11.9. The Morgan fingerprint density at radius 3 is 3.05 bits per heavy atom. The maximum atomic E-state index is 12.6. The standard InChI is InChI=1S/C14H22N4O/c1-15-13-12(7-4-8-16-13)14(19)18(3)11-6-5-9-17(2)10-11/h4,7-8,11H,5-6,9-10H2,1-3H3,(H,15,16). The molecule has 0 bridgehead atoms. The van der Waals surface area contributed by atoms with E-state index in [1.165, 1.54) is 0 Å². The van der Waals surface area contributed by atoms with Crippen molar-refractivity contribution < 1.29 is 4.79 Å². The normalized spacial score (nSPS) is 20.1. The molecule has 104 valence electrons. The van der Waals surface area contributed by atoms with Gasteiger partial charge in [-0.05, 0) is 38.6 Å². The van der Waals surface area contributed by atoms with Crippen molar-refractivity contribution in [3.8, 4) is 0 Å². The minimum Gasteiger partial charge on any atom is -0.372 e. The Kier molecular flexibility index (Phi) is 4.37. The predicted octanol–water partition coefficient (Wildman–Crippen LogP) is 1.29. The number of hydrogen-bond acceptors (Lipinski definition) is 4. The van der Waals surface area contributed by atoms with Crippen LogP contribution >= 0.6 is 0 Å². The first-order valence-electron chi connectivity index (χ1n) is 6.72. The first-order valence-corrected chi connectivity index (χ1v) is 6.72. The lowest BCUT2D eigenvalue weighted by atomic mass is 10.0. The summed E-state index contributed by atoms with van der Waals surface area (Å²) in [6.45, 7) is 2.06. The Hall–Kier alpha value is -1.62. The molecule has 1 fully saturated rings. The summed E-state index contributed by atoms with van der Waals surface area (Å²) in [5.74, 6) is 0.682. The van der Waals surface area contributed by atoms with Crippen LogP contribution < -0.4 is 5.32 Å². The predicted molar refractivity (Wildman–Crippen MR) is 76.4 cm³/mol. The van der Waals surface area contributed by atoms with E-state index in [1.54, 1.807) is 19.3 Å². The molecule has 1 aliphatic heterocycles. The van der Waals surface area contributed by atoms with E-state index < -0.39 is 0 Å². The fourth-order valence-corrected chi connectivity index (χ4v) is 2.59. The zero-order valence-corrected chi connectivity index (χ0v) is 11.9. The van der Waals surface area contributed by atoms with Crippen molar-refractivity contribution >= 4 is 11.7 Å². The van der Waals surface area contributed by atoms with Crippen LogP contribution in [0.2, 0.25) is 0 Å². The fourth-order valence-electron chi connectivity index (χ4n) is 2.59. The van der Waals surface area contributed by atoms with Gasteiger partial charge in [-0.15, -0.1) is 0 Å². The summed E-state index contributed by atoms with van der Waals surface area (Å²) < 4.78 is 0. The van der Waals surface area contributed by atoms with Crippen LogP contribution in [-0.2, 0) is 0 Å². The molecule has 0 saturated carbocycles. The van der Waals surface area contributed by atoms with Gasteiger partial charge in [-0.1, -0.05) is 0 Å². The van der Waals surface area contributed by atoms with E-state index >= 15 is 0 Å². The summed E-state index contributed by atoms with van der Waals surface area (Å²) in [7, 11) is 5.78. The Morgan fingerprint density at radius 1 is 1.58 bits per heavy atom. The maximum Gasteiger partial charge on any atom is 0.257 e. The van der Waals surface area contributed by atoms with E-state index in [1.807, 2.05) is 18.0 Å². The van der Waals surface area contributed by atoms with Gasteiger partial charge in [-0.3, -0.25) is 4.79 Å². The monoisotopic (exact) mass is 262 g/mol. The van der Waals surface area contributed by atoms with Crippen molar-refractivity contribution in [2.75, 3.05) is 39.5 Å². The molecular weight excluding hydrogens is 240 g/mol. The van der Waals surface area contributed by atoms with Crippen molar-refractivity contribution in [2.45, 2.75) is 18.9 Å². The summed E-state index contributed by atoms with van der Waals surface area (Å²) in [5, 5.41) is 2.97. The average Bonchev–Trinajstić information content (AvgIpc) is 2.45. The van der Waals surface area contributed by atoms with Gasteiger partial charge in [0.25, 0.3) is 5.91 Å². The van der Waals surface area contributed by atoms with Gasteiger partial charge in [0.05, 0.1) is 5.56 Å². The Labute approximate surface area is 114 Å². The zero-order chi connectivity index (χ0) is 13.8. The third-order valence-corrected chi connectivity index (χ3v) is 3.74. The van der Waals surface area contributed by atoms with Gasteiger partial charge in [0, 0.05) is 32.9 Å². The number of rotatable bonds is 3. The lowest BCUT2D eigenvalue weighted by Crippen LogP contribution is -2.47. The van der Waals surface area contributed by atoms with E-state index in [0.717, 1.165) is 25.9 Å². The Balaban J connectivity index is 2.14. The molecule has 0 aliphatic carbocycles. The van der Waals surface area contributed by atoms with Gasteiger partial charge in [0.1, 0.15) is 5.82 Å². The molecule has 5 nitrogen and oxygen atoms in total. The molecule has 19 heavy (non-hydrogen) atoms. The topological polar surface area (TPSA) is 48.5 Å². The van der Waals surface area contributed by atoms with Gasteiger partial charge in [0.15, 0.2) is 0 Å². The molecule has 1 N–H and O–H groups in total. The molecule has 1 unspecified atom stereocenters. The number of hydrogen-bond donors (Lipinski definition) is 1. The van der Waals surface area contributed by atoms with E-state index in [2.05, 4.69) is 22.2 Å². The van der Waals surface area contributed by atoms with Crippen LogP contribution in [0, 0.1) is 0 Å². The number of amides is 1. The summed E-state index contributed by atoms with van der Waals surface area (Å²) in [6, 6.07) is 3.91. The molecule has 2 heterocycles. The van der Waals surface area contributed by atoms with Crippen LogP contribution in [0.5, 0.6) is 0 Å². The highest BCUT2D eigenvalue weighted by molar-refractivity contribution is 5.98. The number of pyridine rings is 1. The van der Waals surface area contributed by atoms with E-state index in [-0.39, 0.29) is 11.9 Å². The maximum absolute atomic E-state index is 12.6. The quantitative estimate of drug-likeness (QED) is 0.891. The van der Waals surface area contributed by atoms with Crippen LogP contribution in [0.1, 0.15) is 23.2 Å². The largest absolute Gasteiger partial charge is 0.372 e. The summed E-state index contributed by atoms with van der Waals surface area (Å²) >= 11 is 0. The number of likely N-dealkylation sites (tertiary alicyclic amines) is 1. The number of carbonyl (C=O) groups is 1. The van der Waals surface area contributed by atoms with Crippen molar-refractivity contribution in [3.05, 3.63) is 23.9 Å². The van der Waals surface area contributed by atoms with Crippen molar-refractivity contribution in [3.63, 3.8) is 0 Å². The van der Waals surface area contributed by atoms with Crippen LogP contribution in [0.3, 0.4) is 0 Å². The number of piperidine rings is 1. The van der Waals surface area contributed by atoms with Gasteiger partial charge in [-0.25, -0.2) is 4.98 Å². The molecule has 5 heteroatoms. The summed E-state index contributed by atoms with van der Waals surface area (Å²) in [4.78, 5) is 20.9. The number of nitrogens with one attached hydrogen (secondary N) is 1. The molecule has 0 spiro atoms. The number of aromatic nitrogens is 1. The molecule has 1 saturated heterocycles. The molecule has 2 rings (SSSR count). The van der Waals surface area contributed by atoms with Gasteiger partial charge < -0.3 is 15.1 Å². The lowest BCUT2D eigenvalue weighted by molar-refractivity contribution is 0.0644. The second kappa shape index (κ2) is 6.02. The third-order valence-electron chi connectivity index (χ3n) is 3.74. The highest BCUT2D eigenvalue weighted by Gasteiger charge is 2.26. The minimum atomic E-state index is 0.0396. The van der Waals surface area contributed by atoms with E-state index in [9.17, 15) is 4.79 Å². The molecule has 1 aromatic rings. The van der Waals surface area contributed by atoms with Gasteiger partial charge >= 0.3 is 0 Å². The number of nitrogens with zero attached hydrogens (tertiary/aromatic N) is 3. The molecule has 1 atom stereocenters. The Bertz CT molecular complexity index is 449. The third kappa shape index (κ3) is 3.04. The van der Waals surface area contributed by atoms with Crippen molar-refractivity contribution in [1.29, 1.82) is 0 Å². The number of likely N-dealkylation sites (N-methyl/N-ethyl adjacent to an activating group) is 2. The summed E-state index contributed by atoms with van der Waals surface area (Å²) in [6.07, 6.45) is 3.91. The Morgan fingerprint density at radius 2 is 2.37 bits per heavy atom. The van der Waals surface area contributed by atoms with Crippen LogP contribution in [0.4, 0.5) is 5.82 Å². The second-order valence-corrected chi connectivity index (χ2v) is 5.12. The molecule has 0 aromatic carbocycles. The van der Waals surface area contributed by atoms with Gasteiger partial charge in [-0.2, -0.15) is 0 Å². The first-order chi connectivity index (χ1) is 9.13. The first kappa shape index (κ1) is 13.8. The second-order valence-electron chi connectivity index (χ2n) is 5.12. The van der Waals surface area contributed by atoms with Crippen molar-refractivity contribution in [2.24, 2.45) is 0 Å². The van der Waals surface area contributed by atoms with Crippen molar-refractivity contribution in [1.82, 2.24) is 14.8 Å². The smallest absolute Gasteiger partial charge is 0.257 e. The average molecular weight is 262 g/mol.